The fourth-order valence-electron chi connectivity index (χ4n) is 2.35. The summed E-state index contributed by atoms with van der Waals surface area (Å²) in [5, 5.41) is 8.83. The Kier molecular flexibility index (Phi) is 5.14. The van der Waals surface area contributed by atoms with Gasteiger partial charge in [-0.3, -0.25) is 4.79 Å². The van der Waals surface area contributed by atoms with E-state index in [1.54, 1.807) is 31.2 Å². The molecular weight excluding hydrogens is 323 g/mol. The van der Waals surface area contributed by atoms with Gasteiger partial charge in [0.1, 0.15) is 5.75 Å². The van der Waals surface area contributed by atoms with Crippen LogP contribution in [0.1, 0.15) is 23.6 Å². The molecule has 4 nitrogen and oxygen atoms in total. The molecule has 3 N–H and O–H groups in total. The van der Waals surface area contributed by atoms with Crippen LogP contribution >= 0.6 is 0 Å². The third-order valence-electron chi connectivity index (χ3n) is 3.46. The Morgan fingerprint density at radius 3 is 2.58 bits per heavy atom. The van der Waals surface area contributed by atoms with Gasteiger partial charge in [0.05, 0.1) is 6.42 Å². The summed E-state index contributed by atoms with van der Waals surface area (Å²) in [5.41, 5.74) is 8.47. The average molecular weight is 339 g/mol. The molecule has 2 aromatic rings. The molecule has 0 amide bonds. The van der Waals surface area contributed by atoms with Gasteiger partial charge >= 0.3 is 12.3 Å². The van der Waals surface area contributed by atoms with E-state index in [-0.39, 0.29) is 12.2 Å². The summed E-state index contributed by atoms with van der Waals surface area (Å²) in [7, 11) is 0. The number of benzene rings is 2. The molecule has 1 unspecified atom stereocenters. The van der Waals surface area contributed by atoms with Gasteiger partial charge in [-0.05, 0) is 47.4 Å². The second kappa shape index (κ2) is 6.92. The van der Waals surface area contributed by atoms with E-state index in [0.717, 1.165) is 5.56 Å². The zero-order valence-electron chi connectivity index (χ0n) is 12.8. The Morgan fingerprint density at radius 1 is 1.25 bits per heavy atom. The molecule has 2 rings (SSSR count). The van der Waals surface area contributed by atoms with Crippen LogP contribution in [0.25, 0.3) is 11.1 Å². The van der Waals surface area contributed by atoms with Gasteiger partial charge in [0.2, 0.25) is 0 Å². The van der Waals surface area contributed by atoms with E-state index in [0.29, 0.717) is 16.7 Å². The van der Waals surface area contributed by atoms with Crippen LogP contribution in [-0.4, -0.2) is 17.4 Å². The minimum Gasteiger partial charge on any atom is -0.481 e. The Bertz CT molecular complexity index is 744. The highest BCUT2D eigenvalue weighted by molar-refractivity contribution is 5.71. The summed E-state index contributed by atoms with van der Waals surface area (Å²) in [6, 6.07) is 10.1. The average Bonchev–Trinajstić information content (AvgIpc) is 2.45. The zero-order valence-corrected chi connectivity index (χ0v) is 12.8. The molecule has 0 aliphatic heterocycles. The number of halogens is 3. The summed E-state index contributed by atoms with van der Waals surface area (Å²) in [6.45, 7) is 1.80. The topological polar surface area (TPSA) is 72.6 Å². The predicted octanol–water partition coefficient (Wildman–Crippen LogP) is 4.04. The van der Waals surface area contributed by atoms with Crippen LogP contribution in [0.5, 0.6) is 5.75 Å². The molecule has 1 atom stereocenters. The number of carbonyl (C=O) groups is 1. The lowest BCUT2D eigenvalue weighted by Crippen LogP contribution is -2.17. The number of aliphatic carboxylic acids is 1. The van der Waals surface area contributed by atoms with Crippen molar-refractivity contribution < 1.29 is 27.8 Å². The Labute approximate surface area is 136 Å². The molecule has 0 spiro atoms. The van der Waals surface area contributed by atoms with Crippen molar-refractivity contribution in [3.63, 3.8) is 0 Å². The van der Waals surface area contributed by atoms with Crippen LogP contribution in [0.2, 0.25) is 0 Å². The molecule has 0 radical (unpaired) electrons. The van der Waals surface area contributed by atoms with Gasteiger partial charge in [-0.2, -0.15) is 0 Å². The SMILES string of the molecule is Cc1ccc(C(N)CC(=O)O)cc1-c1cccc(OC(F)(F)F)c1. The Hall–Kier alpha value is -2.54. The van der Waals surface area contributed by atoms with Gasteiger partial charge in [-0.25, -0.2) is 0 Å². The lowest BCUT2D eigenvalue weighted by molar-refractivity contribution is -0.274. The second-order valence-electron chi connectivity index (χ2n) is 5.35. The lowest BCUT2D eigenvalue weighted by atomic mass is 9.94. The number of aryl methyl sites for hydroxylation is 1. The van der Waals surface area contributed by atoms with Gasteiger partial charge in [0.15, 0.2) is 0 Å². The maximum absolute atomic E-state index is 12.4. The van der Waals surface area contributed by atoms with Gasteiger partial charge < -0.3 is 15.6 Å². The first-order valence-electron chi connectivity index (χ1n) is 7.10. The number of nitrogens with two attached hydrogens (primary N) is 1. The third kappa shape index (κ3) is 4.73. The maximum Gasteiger partial charge on any atom is 0.573 e. The molecule has 0 heterocycles. The Morgan fingerprint density at radius 2 is 1.96 bits per heavy atom. The predicted molar refractivity (Wildman–Crippen MR) is 82.5 cm³/mol. The van der Waals surface area contributed by atoms with Crippen LogP contribution in [0.4, 0.5) is 13.2 Å². The zero-order chi connectivity index (χ0) is 17.9. The molecular formula is C17H16F3NO3. The number of hydrogen-bond donors (Lipinski definition) is 2. The third-order valence-corrected chi connectivity index (χ3v) is 3.46. The number of carboxylic acids is 1. The van der Waals surface area contributed by atoms with Crippen LogP contribution in [-0.2, 0) is 4.79 Å². The van der Waals surface area contributed by atoms with Crippen LogP contribution in [0.3, 0.4) is 0 Å². The van der Waals surface area contributed by atoms with Crippen molar-refractivity contribution >= 4 is 5.97 Å². The molecule has 7 heteroatoms. The first kappa shape index (κ1) is 17.8. The van der Waals surface area contributed by atoms with Crippen LogP contribution in [0.15, 0.2) is 42.5 Å². The highest BCUT2D eigenvalue weighted by Gasteiger charge is 2.31. The van der Waals surface area contributed by atoms with E-state index in [9.17, 15) is 18.0 Å². The second-order valence-corrected chi connectivity index (χ2v) is 5.35. The van der Waals surface area contributed by atoms with Crippen molar-refractivity contribution in [3.8, 4) is 16.9 Å². The van der Waals surface area contributed by atoms with Crippen LogP contribution < -0.4 is 10.5 Å². The molecule has 0 bridgehead atoms. The minimum atomic E-state index is -4.76. The van der Waals surface area contributed by atoms with Crippen molar-refractivity contribution in [1.29, 1.82) is 0 Å². The fraction of sp³-hybridized carbons (Fsp3) is 0.235. The van der Waals surface area contributed by atoms with Crippen molar-refractivity contribution in [2.75, 3.05) is 0 Å². The maximum atomic E-state index is 12.4. The molecule has 0 saturated carbocycles. The number of ether oxygens (including phenoxy) is 1. The smallest absolute Gasteiger partial charge is 0.481 e. The highest BCUT2D eigenvalue weighted by atomic mass is 19.4. The minimum absolute atomic E-state index is 0.236. The fourth-order valence-corrected chi connectivity index (χ4v) is 2.35. The number of hydrogen-bond acceptors (Lipinski definition) is 3. The van der Waals surface area contributed by atoms with Gasteiger partial charge in [-0.1, -0.05) is 24.3 Å². The standard InChI is InChI=1S/C17H16F3NO3/c1-10-5-6-12(15(21)9-16(22)23)8-14(10)11-3-2-4-13(7-11)24-17(18,19)20/h2-8,15H,9,21H2,1H3,(H,22,23). The first-order chi connectivity index (χ1) is 11.2. The van der Waals surface area contributed by atoms with E-state index in [1.165, 1.54) is 18.2 Å². The monoisotopic (exact) mass is 339 g/mol. The highest BCUT2D eigenvalue weighted by Crippen LogP contribution is 2.31. The Balaban J connectivity index is 2.38. The van der Waals surface area contributed by atoms with Gasteiger partial charge in [-0.15, -0.1) is 13.2 Å². The van der Waals surface area contributed by atoms with Crippen molar-refractivity contribution in [2.45, 2.75) is 25.7 Å². The largest absolute Gasteiger partial charge is 0.573 e. The first-order valence-corrected chi connectivity index (χ1v) is 7.10. The summed E-state index contributed by atoms with van der Waals surface area (Å²) in [4.78, 5) is 10.8. The summed E-state index contributed by atoms with van der Waals surface area (Å²) >= 11 is 0. The van der Waals surface area contributed by atoms with E-state index in [2.05, 4.69) is 4.74 Å². The number of alkyl halides is 3. The number of carboxylic acid groups (broad SMARTS) is 1. The van der Waals surface area contributed by atoms with Crippen molar-refractivity contribution in [1.82, 2.24) is 0 Å². The summed E-state index contributed by atoms with van der Waals surface area (Å²) < 4.78 is 41.0. The van der Waals surface area contributed by atoms with E-state index in [4.69, 9.17) is 10.8 Å². The van der Waals surface area contributed by atoms with Crippen molar-refractivity contribution in [3.05, 3.63) is 53.6 Å². The summed E-state index contributed by atoms with van der Waals surface area (Å²) in [6.07, 6.45) is -5.00. The molecule has 0 aliphatic carbocycles. The number of rotatable bonds is 5. The van der Waals surface area contributed by atoms with E-state index >= 15 is 0 Å². The molecule has 2 aromatic carbocycles. The van der Waals surface area contributed by atoms with Gasteiger partial charge in [0, 0.05) is 6.04 Å². The van der Waals surface area contributed by atoms with Crippen molar-refractivity contribution in [2.24, 2.45) is 5.73 Å². The molecule has 0 aromatic heterocycles. The molecule has 128 valence electrons. The molecule has 0 fully saturated rings. The quantitative estimate of drug-likeness (QED) is 0.862. The summed E-state index contributed by atoms with van der Waals surface area (Å²) in [5.74, 6) is -1.34. The molecule has 0 saturated heterocycles. The normalized spacial score (nSPS) is 12.7. The molecule has 0 aliphatic rings. The molecule has 24 heavy (non-hydrogen) atoms. The van der Waals surface area contributed by atoms with E-state index < -0.39 is 18.4 Å². The van der Waals surface area contributed by atoms with E-state index in [1.807, 2.05) is 0 Å². The van der Waals surface area contributed by atoms with Gasteiger partial charge in [0.25, 0.3) is 0 Å². The van der Waals surface area contributed by atoms with Crippen LogP contribution in [0, 0.1) is 6.92 Å². The lowest BCUT2D eigenvalue weighted by Gasteiger charge is -2.15.